The van der Waals surface area contributed by atoms with E-state index in [1.165, 1.54) is 6.07 Å². The number of halogens is 3. The molecule has 1 N–H and O–H groups in total. The van der Waals surface area contributed by atoms with Crippen LogP contribution in [0.4, 0.5) is 18.9 Å². The minimum atomic E-state index is -4.45. The van der Waals surface area contributed by atoms with Crippen molar-refractivity contribution >= 4 is 11.6 Å². The van der Waals surface area contributed by atoms with Gasteiger partial charge in [-0.25, -0.2) is 4.68 Å². The van der Waals surface area contributed by atoms with Gasteiger partial charge in [0, 0.05) is 17.3 Å². The topological polar surface area (TPSA) is 64.0 Å². The summed E-state index contributed by atoms with van der Waals surface area (Å²) >= 11 is 0. The van der Waals surface area contributed by atoms with Crippen molar-refractivity contribution in [3.8, 4) is 11.3 Å². The fourth-order valence-electron chi connectivity index (χ4n) is 2.70. The van der Waals surface area contributed by atoms with Crippen LogP contribution in [0.1, 0.15) is 16.7 Å². The summed E-state index contributed by atoms with van der Waals surface area (Å²) in [6, 6.07) is 12.7. The monoisotopic (exact) mass is 401 g/mol. The van der Waals surface area contributed by atoms with Crippen LogP contribution in [0, 0.1) is 13.8 Å². The maximum absolute atomic E-state index is 12.6. The summed E-state index contributed by atoms with van der Waals surface area (Å²) < 4.78 is 38.8. The Balaban J connectivity index is 1.76. The fraction of sp³-hybridized carbons (Fsp3) is 0.190. The normalized spacial score (nSPS) is 11.3. The van der Waals surface area contributed by atoms with Crippen molar-refractivity contribution in [1.82, 2.24) is 9.78 Å². The number of rotatable bonds is 4. The molecule has 5 nitrogen and oxygen atoms in total. The van der Waals surface area contributed by atoms with Crippen LogP contribution >= 0.6 is 0 Å². The summed E-state index contributed by atoms with van der Waals surface area (Å²) in [5, 5.41) is 6.70. The molecule has 29 heavy (non-hydrogen) atoms. The van der Waals surface area contributed by atoms with Gasteiger partial charge in [-0.2, -0.15) is 18.3 Å². The average Bonchev–Trinajstić information content (AvgIpc) is 2.65. The zero-order valence-corrected chi connectivity index (χ0v) is 15.7. The lowest BCUT2D eigenvalue weighted by Crippen LogP contribution is -2.29. The van der Waals surface area contributed by atoms with Crippen LogP contribution in [-0.2, 0) is 17.5 Å². The largest absolute Gasteiger partial charge is 0.416 e. The van der Waals surface area contributed by atoms with Crippen molar-refractivity contribution < 1.29 is 18.0 Å². The molecule has 1 amide bonds. The number of anilines is 1. The number of benzene rings is 2. The summed E-state index contributed by atoms with van der Waals surface area (Å²) in [5.41, 5.74) is 2.47. The van der Waals surface area contributed by atoms with E-state index < -0.39 is 23.2 Å². The predicted octanol–water partition coefficient (Wildman–Crippen LogP) is 4.18. The molecule has 0 aliphatic rings. The maximum atomic E-state index is 12.6. The molecule has 0 bridgehead atoms. The SMILES string of the molecule is Cc1ccc(-c2ccc(=O)n(CC(=O)Nc3ccc(C(F)(F)F)cc3)n2)cc1C. The molecule has 0 fully saturated rings. The van der Waals surface area contributed by atoms with Crippen molar-refractivity contribution in [2.45, 2.75) is 26.6 Å². The first-order valence-electron chi connectivity index (χ1n) is 8.76. The zero-order valence-electron chi connectivity index (χ0n) is 15.7. The summed E-state index contributed by atoms with van der Waals surface area (Å²) in [4.78, 5) is 24.3. The van der Waals surface area contributed by atoms with Gasteiger partial charge < -0.3 is 5.32 Å². The van der Waals surface area contributed by atoms with E-state index in [9.17, 15) is 22.8 Å². The highest BCUT2D eigenvalue weighted by atomic mass is 19.4. The highest BCUT2D eigenvalue weighted by molar-refractivity contribution is 5.90. The second kappa shape index (κ2) is 7.90. The van der Waals surface area contributed by atoms with Crippen molar-refractivity contribution in [3.63, 3.8) is 0 Å². The van der Waals surface area contributed by atoms with Gasteiger partial charge in [0.05, 0.1) is 11.3 Å². The van der Waals surface area contributed by atoms with Crippen molar-refractivity contribution in [2.24, 2.45) is 0 Å². The molecule has 0 saturated heterocycles. The van der Waals surface area contributed by atoms with Crippen molar-refractivity contribution in [2.75, 3.05) is 5.32 Å². The van der Waals surface area contributed by atoms with Crippen LogP contribution in [-0.4, -0.2) is 15.7 Å². The van der Waals surface area contributed by atoms with E-state index in [4.69, 9.17) is 0 Å². The maximum Gasteiger partial charge on any atom is 0.416 e. The average molecular weight is 401 g/mol. The van der Waals surface area contributed by atoms with Gasteiger partial charge in [0.25, 0.3) is 5.56 Å². The number of nitrogens with one attached hydrogen (secondary N) is 1. The Kier molecular flexibility index (Phi) is 5.54. The quantitative estimate of drug-likeness (QED) is 0.713. The minimum Gasteiger partial charge on any atom is -0.324 e. The molecule has 3 aromatic rings. The molecule has 0 aliphatic heterocycles. The summed E-state index contributed by atoms with van der Waals surface area (Å²) in [5.74, 6) is -0.573. The van der Waals surface area contributed by atoms with Crippen LogP contribution in [0.15, 0.2) is 59.4 Å². The van der Waals surface area contributed by atoms with E-state index in [2.05, 4.69) is 10.4 Å². The van der Waals surface area contributed by atoms with E-state index in [0.29, 0.717) is 5.69 Å². The van der Waals surface area contributed by atoms with Crippen LogP contribution in [0.5, 0.6) is 0 Å². The van der Waals surface area contributed by atoms with Crippen molar-refractivity contribution in [1.29, 1.82) is 0 Å². The molecule has 8 heteroatoms. The van der Waals surface area contributed by atoms with Gasteiger partial charge in [-0.05, 0) is 61.4 Å². The molecule has 1 heterocycles. The Morgan fingerprint density at radius 3 is 2.31 bits per heavy atom. The molecular formula is C21H18F3N3O2. The third-order valence-corrected chi connectivity index (χ3v) is 4.46. The Hall–Kier alpha value is -3.42. The number of carbonyl (C=O) groups is 1. The Morgan fingerprint density at radius 2 is 1.69 bits per heavy atom. The van der Waals surface area contributed by atoms with Gasteiger partial charge in [-0.1, -0.05) is 12.1 Å². The summed E-state index contributed by atoms with van der Waals surface area (Å²) in [6.07, 6.45) is -4.45. The van der Waals surface area contributed by atoms with E-state index in [0.717, 1.165) is 45.6 Å². The van der Waals surface area contributed by atoms with Crippen LogP contribution in [0.2, 0.25) is 0 Å². The number of aryl methyl sites for hydroxylation is 2. The van der Waals surface area contributed by atoms with Crippen LogP contribution in [0.25, 0.3) is 11.3 Å². The number of carbonyl (C=O) groups excluding carboxylic acids is 1. The predicted molar refractivity (Wildman–Crippen MR) is 103 cm³/mol. The number of hydrogen-bond donors (Lipinski definition) is 1. The Morgan fingerprint density at radius 1 is 1.00 bits per heavy atom. The third kappa shape index (κ3) is 4.90. The third-order valence-electron chi connectivity index (χ3n) is 4.46. The molecule has 0 aliphatic carbocycles. The van der Waals surface area contributed by atoms with Crippen molar-refractivity contribution in [3.05, 3.63) is 81.6 Å². The van der Waals surface area contributed by atoms with Crippen LogP contribution < -0.4 is 10.9 Å². The van der Waals surface area contributed by atoms with E-state index in [1.807, 2.05) is 32.0 Å². The smallest absolute Gasteiger partial charge is 0.324 e. The van der Waals surface area contributed by atoms with Gasteiger partial charge >= 0.3 is 6.18 Å². The second-order valence-electron chi connectivity index (χ2n) is 6.64. The molecule has 0 radical (unpaired) electrons. The first kappa shape index (κ1) is 20.3. The lowest BCUT2D eigenvalue weighted by Gasteiger charge is -2.10. The van der Waals surface area contributed by atoms with Gasteiger partial charge in [0.1, 0.15) is 6.54 Å². The van der Waals surface area contributed by atoms with E-state index >= 15 is 0 Å². The molecule has 1 aromatic heterocycles. The standard InChI is InChI=1S/C21H18F3N3O2/c1-13-3-4-15(11-14(13)2)18-9-10-20(29)27(26-18)12-19(28)25-17-7-5-16(6-8-17)21(22,23)24/h3-11H,12H2,1-2H3,(H,25,28). The molecule has 0 spiro atoms. The van der Waals surface area contributed by atoms with Gasteiger partial charge in [-0.15, -0.1) is 0 Å². The molecular weight excluding hydrogens is 383 g/mol. The zero-order chi connectivity index (χ0) is 21.2. The van der Waals surface area contributed by atoms with E-state index in [-0.39, 0.29) is 12.2 Å². The van der Waals surface area contributed by atoms with Gasteiger partial charge in [0.2, 0.25) is 5.91 Å². The molecule has 0 atom stereocenters. The number of nitrogens with zero attached hydrogens (tertiary/aromatic N) is 2. The van der Waals surface area contributed by atoms with Gasteiger partial charge in [0.15, 0.2) is 0 Å². The lowest BCUT2D eigenvalue weighted by atomic mass is 10.0. The van der Waals surface area contributed by atoms with E-state index in [1.54, 1.807) is 6.07 Å². The first-order valence-corrected chi connectivity index (χ1v) is 8.76. The molecule has 3 rings (SSSR count). The molecule has 150 valence electrons. The van der Waals surface area contributed by atoms with Gasteiger partial charge in [-0.3, -0.25) is 9.59 Å². The minimum absolute atomic E-state index is 0.196. The fourth-order valence-corrected chi connectivity index (χ4v) is 2.70. The molecule has 0 saturated carbocycles. The summed E-state index contributed by atoms with van der Waals surface area (Å²) in [7, 11) is 0. The molecule has 0 unspecified atom stereocenters. The Bertz CT molecular complexity index is 1100. The number of alkyl halides is 3. The first-order chi connectivity index (χ1) is 13.6. The number of hydrogen-bond acceptors (Lipinski definition) is 3. The second-order valence-corrected chi connectivity index (χ2v) is 6.64. The highest BCUT2D eigenvalue weighted by Crippen LogP contribution is 2.29. The molecule has 2 aromatic carbocycles. The highest BCUT2D eigenvalue weighted by Gasteiger charge is 2.30. The number of amides is 1. The van der Waals surface area contributed by atoms with Crippen LogP contribution in [0.3, 0.4) is 0 Å². The Labute approximate surface area is 164 Å². The summed E-state index contributed by atoms with van der Waals surface area (Å²) in [6.45, 7) is 3.59. The lowest BCUT2D eigenvalue weighted by molar-refractivity contribution is -0.137. The number of aromatic nitrogens is 2.